The zero-order chi connectivity index (χ0) is 15.4. The molecule has 0 spiro atoms. The Hall–Kier alpha value is -1.55. The maximum absolute atomic E-state index is 11.6. The number of nitrogens with zero attached hydrogens (tertiary/aromatic N) is 2. The molecule has 1 amide bonds. The van der Waals surface area contributed by atoms with Crippen LogP contribution in [-0.4, -0.2) is 43.5 Å². The van der Waals surface area contributed by atoms with Crippen LogP contribution >= 0.6 is 0 Å². The van der Waals surface area contributed by atoms with Crippen molar-refractivity contribution in [3.05, 3.63) is 29.8 Å². The quantitative estimate of drug-likeness (QED) is 0.932. The second-order valence-electron chi connectivity index (χ2n) is 6.50. The minimum atomic E-state index is 0.0623. The van der Waals surface area contributed by atoms with Crippen LogP contribution in [0.5, 0.6) is 0 Å². The molecule has 0 atom stereocenters. The molecular formula is C18H27N3O. The van der Waals surface area contributed by atoms with Crippen LogP contribution in [0.25, 0.3) is 0 Å². The van der Waals surface area contributed by atoms with E-state index >= 15 is 0 Å². The molecule has 4 nitrogen and oxygen atoms in total. The number of hydrogen-bond acceptors (Lipinski definition) is 3. The zero-order valence-corrected chi connectivity index (χ0v) is 13.3. The summed E-state index contributed by atoms with van der Waals surface area (Å²) in [4.78, 5) is 15.8. The van der Waals surface area contributed by atoms with Crippen LogP contribution in [0.1, 0.15) is 43.6 Å². The van der Waals surface area contributed by atoms with Crippen molar-refractivity contribution in [2.24, 2.45) is 5.73 Å². The van der Waals surface area contributed by atoms with Crippen molar-refractivity contribution < 1.29 is 4.79 Å². The standard InChI is InChI=1S/C18H27N3O/c19-14-18(22)21-12-10-20(11-13-21)17-8-6-16(7-9-17)15-4-2-1-3-5-15/h6-9,15H,1-5,10-14,19H2. The molecule has 3 rings (SSSR count). The summed E-state index contributed by atoms with van der Waals surface area (Å²) >= 11 is 0. The molecule has 2 fully saturated rings. The van der Waals surface area contributed by atoms with Gasteiger partial charge >= 0.3 is 0 Å². The molecule has 0 radical (unpaired) electrons. The molecule has 2 aliphatic rings. The van der Waals surface area contributed by atoms with Crippen LogP contribution in [0.4, 0.5) is 5.69 Å². The molecule has 1 aromatic carbocycles. The topological polar surface area (TPSA) is 49.6 Å². The van der Waals surface area contributed by atoms with Gasteiger partial charge in [-0.1, -0.05) is 31.4 Å². The monoisotopic (exact) mass is 301 g/mol. The molecule has 0 unspecified atom stereocenters. The van der Waals surface area contributed by atoms with E-state index in [0.717, 1.165) is 32.1 Å². The largest absolute Gasteiger partial charge is 0.368 e. The third-order valence-corrected chi connectivity index (χ3v) is 5.14. The molecule has 22 heavy (non-hydrogen) atoms. The number of nitrogens with two attached hydrogens (primary N) is 1. The third kappa shape index (κ3) is 3.43. The fourth-order valence-electron chi connectivity index (χ4n) is 3.74. The number of hydrogen-bond donors (Lipinski definition) is 1. The maximum Gasteiger partial charge on any atom is 0.236 e. The van der Waals surface area contributed by atoms with E-state index in [1.807, 2.05) is 4.90 Å². The van der Waals surface area contributed by atoms with Crippen LogP contribution in [0.3, 0.4) is 0 Å². The molecule has 4 heteroatoms. The van der Waals surface area contributed by atoms with Gasteiger partial charge in [0.15, 0.2) is 0 Å². The van der Waals surface area contributed by atoms with Crippen LogP contribution in [0.15, 0.2) is 24.3 Å². The molecule has 0 aromatic heterocycles. The van der Waals surface area contributed by atoms with Gasteiger partial charge in [-0.2, -0.15) is 0 Å². The van der Waals surface area contributed by atoms with Gasteiger partial charge in [-0.3, -0.25) is 4.79 Å². The Labute approximate surface area is 133 Å². The van der Waals surface area contributed by atoms with Crippen molar-refractivity contribution in [1.82, 2.24) is 4.90 Å². The Kier molecular flexibility index (Phi) is 4.98. The fraction of sp³-hybridized carbons (Fsp3) is 0.611. The van der Waals surface area contributed by atoms with Gasteiger partial charge in [0.25, 0.3) is 0 Å². The molecule has 1 saturated heterocycles. The summed E-state index contributed by atoms with van der Waals surface area (Å²) in [5, 5.41) is 0. The normalized spacial score (nSPS) is 20.2. The van der Waals surface area contributed by atoms with Gasteiger partial charge in [0.05, 0.1) is 6.54 Å². The first-order valence-corrected chi connectivity index (χ1v) is 8.60. The van der Waals surface area contributed by atoms with Crippen molar-refractivity contribution in [3.63, 3.8) is 0 Å². The predicted molar refractivity (Wildman–Crippen MR) is 90.1 cm³/mol. The van der Waals surface area contributed by atoms with Gasteiger partial charge < -0.3 is 15.5 Å². The van der Waals surface area contributed by atoms with Gasteiger partial charge in [-0.05, 0) is 36.5 Å². The molecule has 1 aromatic rings. The lowest BCUT2D eigenvalue weighted by molar-refractivity contribution is -0.129. The van der Waals surface area contributed by atoms with Crippen molar-refractivity contribution in [3.8, 4) is 0 Å². The summed E-state index contributed by atoms with van der Waals surface area (Å²) < 4.78 is 0. The lowest BCUT2D eigenvalue weighted by Gasteiger charge is -2.36. The molecule has 120 valence electrons. The Morgan fingerprint density at radius 1 is 1.00 bits per heavy atom. The fourth-order valence-corrected chi connectivity index (χ4v) is 3.74. The van der Waals surface area contributed by atoms with Crippen molar-refractivity contribution in [2.75, 3.05) is 37.6 Å². The van der Waals surface area contributed by atoms with Crippen LogP contribution in [0.2, 0.25) is 0 Å². The van der Waals surface area contributed by atoms with Gasteiger partial charge in [0.2, 0.25) is 5.91 Å². The van der Waals surface area contributed by atoms with Crippen LogP contribution < -0.4 is 10.6 Å². The Bertz CT molecular complexity index is 486. The number of anilines is 1. The van der Waals surface area contributed by atoms with Gasteiger partial charge in [-0.25, -0.2) is 0 Å². The second-order valence-corrected chi connectivity index (χ2v) is 6.50. The van der Waals surface area contributed by atoms with E-state index < -0.39 is 0 Å². The molecular weight excluding hydrogens is 274 g/mol. The first-order chi connectivity index (χ1) is 10.8. The SMILES string of the molecule is NCC(=O)N1CCN(c2ccc(C3CCCCC3)cc2)CC1. The summed E-state index contributed by atoms with van der Waals surface area (Å²) in [7, 11) is 0. The zero-order valence-electron chi connectivity index (χ0n) is 13.3. The number of amides is 1. The number of benzene rings is 1. The highest BCUT2D eigenvalue weighted by atomic mass is 16.2. The van der Waals surface area contributed by atoms with E-state index in [0.29, 0.717) is 0 Å². The van der Waals surface area contributed by atoms with Crippen LogP contribution in [-0.2, 0) is 4.79 Å². The minimum Gasteiger partial charge on any atom is -0.368 e. The Balaban J connectivity index is 1.58. The van der Waals surface area contributed by atoms with Crippen molar-refractivity contribution >= 4 is 11.6 Å². The van der Waals surface area contributed by atoms with E-state index in [9.17, 15) is 4.79 Å². The maximum atomic E-state index is 11.6. The summed E-state index contributed by atoms with van der Waals surface area (Å²) in [5.74, 6) is 0.828. The van der Waals surface area contributed by atoms with Gasteiger partial charge in [-0.15, -0.1) is 0 Å². The molecule has 1 aliphatic carbocycles. The van der Waals surface area contributed by atoms with E-state index in [2.05, 4.69) is 29.2 Å². The number of piperazine rings is 1. The third-order valence-electron chi connectivity index (χ3n) is 5.14. The van der Waals surface area contributed by atoms with Crippen molar-refractivity contribution in [1.29, 1.82) is 0 Å². The average molecular weight is 301 g/mol. The average Bonchev–Trinajstić information content (AvgIpc) is 2.62. The highest BCUT2D eigenvalue weighted by molar-refractivity contribution is 5.78. The number of rotatable bonds is 3. The van der Waals surface area contributed by atoms with Gasteiger partial charge in [0.1, 0.15) is 0 Å². The highest BCUT2D eigenvalue weighted by Gasteiger charge is 2.21. The highest BCUT2D eigenvalue weighted by Crippen LogP contribution is 2.33. The lowest BCUT2D eigenvalue weighted by Crippen LogP contribution is -2.50. The van der Waals surface area contributed by atoms with E-state index in [4.69, 9.17) is 5.73 Å². The molecule has 2 N–H and O–H groups in total. The van der Waals surface area contributed by atoms with E-state index in [1.54, 1.807) is 0 Å². The predicted octanol–water partition coefficient (Wildman–Crippen LogP) is 2.34. The molecule has 0 bridgehead atoms. The first-order valence-electron chi connectivity index (χ1n) is 8.60. The van der Waals surface area contributed by atoms with E-state index in [1.165, 1.54) is 43.4 Å². The number of carbonyl (C=O) groups is 1. The summed E-state index contributed by atoms with van der Waals surface area (Å²) in [6, 6.07) is 9.13. The molecule has 1 heterocycles. The van der Waals surface area contributed by atoms with Gasteiger partial charge in [0, 0.05) is 31.9 Å². The number of carbonyl (C=O) groups excluding carboxylic acids is 1. The first kappa shape index (κ1) is 15.3. The summed E-state index contributed by atoms with van der Waals surface area (Å²) in [6.07, 6.45) is 6.85. The Morgan fingerprint density at radius 2 is 1.64 bits per heavy atom. The Morgan fingerprint density at radius 3 is 2.23 bits per heavy atom. The minimum absolute atomic E-state index is 0.0623. The lowest BCUT2D eigenvalue weighted by atomic mass is 9.84. The summed E-state index contributed by atoms with van der Waals surface area (Å²) in [6.45, 7) is 3.47. The molecule has 1 aliphatic heterocycles. The second kappa shape index (κ2) is 7.14. The van der Waals surface area contributed by atoms with Crippen molar-refractivity contribution in [2.45, 2.75) is 38.0 Å². The van der Waals surface area contributed by atoms with Crippen LogP contribution in [0, 0.1) is 0 Å². The summed E-state index contributed by atoms with van der Waals surface area (Å²) in [5.41, 5.74) is 8.21. The smallest absolute Gasteiger partial charge is 0.236 e. The molecule has 1 saturated carbocycles. The van der Waals surface area contributed by atoms with E-state index in [-0.39, 0.29) is 12.5 Å².